The van der Waals surface area contributed by atoms with E-state index in [4.69, 9.17) is 30.9 Å². The summed E-state index contributed by atoms with van der Waals surface area (Å²) in [6.07, 6.45) is 1.48. The number of amides is 1. The fourth-order valence-corrected chi connectivity index (χ4v) is 5.75. The second-order valence-electron chi connectivity index (χ2n) is 9.63. The lowest BCUT2D eigenvalue weighted by Crippen LogP contribution is -2.37. The normalized spacial score (nSPS) is 13.8. The molecule has 0 unspecified atom stereocenters. The molecule has 0 atom stereocenters. The number of fused-ring (bicyclic) bond motifs is 1. The van der Waals surface area contributed by atoms with E-state index in [1.807, 2.05) is 4.90 Å². The maximum Gasteiger partial charge on any atom is 0.255 e. The van der Waals surface area contributed by atoms with Gasteiger partial charge in [0.2, 0.25) is 10.0 Å². The van der Waals surface area contributed by atoms with Crippen molar-refractivity contribution >= 4 is 38.5 Å². The first kappa shape index (κ1) is 30.0. The molecule has 2 aromatic heterocycles. The molecule has 12 nitrogen and oxygen atoms in total. The third-order valence-electron chi connectivity index (χ3n) is 6.64. The first-order valence-corrected chi connectivity index (χ1v) is 14.8. The van der Waals surface area contributed by atoms with E-state index in [9.17, 15) is 17.6 Å². The van der Waals surface area contributed by atoms with Gasteiger partial charge in [0.15, 0.2) is 18.2 Å². The van der Waals surface area contributed by atoms with Crippen molar-refractivity contribution in [3.05, 3.63) is 54.5 Å². The number of nitrogens with two attached hydrogens (primary N) is 2. The predicted octanol–water partition coefficient (Wildman–Crippen LogP) is 2.42. The highest BCUT2D eigenvalue weighted by Gasteiger charge is 2.25. The molecule has 3 heterocycles. The first-order chi connectivity index (χ1) is 20.7. The summed E-state index contributed by atoms with van der Waals surface area (Å²) < 4.78 is 67.6. The summed E-state index contributed by atoms with van der Waals surface area (Å²) in [5.41, 5.74) is 12.2. The van der Waals surface area contributed by atoms with Crippen LogP contribution in [0.2, 0.25) is 0 Å². The Morgan fingerprint density at radius 2 is 1.91 bits per heavy atom. The molecular formula is C28H29F2N7O5S. The number of benzene rings is 2. The van der Waals surface area contributed by atoms with Crippen LogP contribution in [0.4, 0.5) is 20.4 Å². The number of hydrogen-bond donors (Lipinski definition) is 3. The molecule has 1 aliphatic heterocycles. The lowest BCUT2D eigenvalue weighted by atomic mass is 10.0. The van der Waals surface area contributed by atoms with Gasteiger partial charge in [-0.1, -0.05) is 12.1 Å². The number of carbonyl (C=O) groups is 1. The third-order valence-corrected chi connectivity index (χ3v) is 8.12. The maximum absolute atomic E-state index is 15.9. The number of anilines is 2. The van der Waals surface area contributed by atoms with Crippen LogP contribution in [-0.2, 0) is 19.6 Å². The summed E-state index contributed by atoms with van der Waals surface area (Å²) in [5.74, 6) is -0.560. The number of primary amides is 1. The summed E-state index contributed by atoms with van der Waals surface area (Å²) in [4.78, 5) is 26.7. The summed E-state index contributed by atoms with van der Waals surface area (Å²) in [7, 11) is -4.28. The van der Waals surface area contributed by atoms with Crippen LogP contribution in [0.15, 0.2) is 53.6 Å². The highest BCUT2D eigenvalue weighted by atomic mass is 32.2. The number of pyridine rings is 1. The monoisotopic (exact) mass is 613 g/mol. The van der Waals surface area contributed by atoms with Crippen molar-refractivity contribution in [3.8, 4) is 28.3 Å². The average Bonchev–Trinajstić information content (AvgIpc) is 3.00. The molecule has 0 spiro atoms. The smallest absolute Gasteiger partial charge is 0.255 e. The number of alkyl halides is 1. The number of nitrogens with zero attached hydrogens (tertiary/aromatic N) is 4. The molecule has 1 saturated heterocycles. The second kappa shape index (κ2) is 12.8. The zero-order valence-corrected chi connectivity index (χ0v) is 23.7. The summed E-state index contributed by atoms with van der Waals surface area (Å²) in [6, 6.07) is 10.4. The number of halogens is 2. The SMILES string of the molecule is NC(=O)COc1cc(-c2cccc(S(=O)(=O)NCCCF)c2F)cc2c(N3CCOCC3)nc(-c3ccc(N)nc3)nc12. The van der Waals surface area contributed by atoms with Crippen molar-refractivity contribution < 1.29 is 31.5 Å². The molecule has 1 aliphatic rings. The number of carbonyl (C=O) groups excluding carboxylic acids is 1. The van der Waals surface area contributed by atoms with Gasteiger partial charge in [0, 0.05) is 42.3 Å². The molecule has 0 saturated carbocycles. The van der Waals surface area contributed by atoms with Crippen LogP contribution in [0.1, 0.15) is 6.42 Å². The number of rotatable bonds is 11. The van der Waals surface area contributed by atoms with Gasteiger partial charge >= 0.3 is 0 Å². The molecule has 0 radical (unpaired) electrons. The first-order valence-electron chi connectivity index (χ1n) is 13.3. The summed E-state index contributed by atoms with van der Waals surface area (Å²) in [6.45, 7) is 0.483. The minimum Gasteiger partial charge on any atom is -0.481 e. The topological polar surface area (TPSA) is 176 Å². The zero-order chi connectivity index (χ0) is 30.6. The van der Waals surface area contributed by atoms with E-state index in [1.54, 1.807) is 18.2 Å². The van der Waals surface area contributed by atoms with E-state index < -0.39 is 39.9 Å². The van der Waals surface area contributed by atoms with E-state index in [0.717, 1.165) is 6.07 Å². The van der Waals surface area contributed by atoms with Crippen molar-refractivity contribution in [2.45, 2.75) is 11.3 Å². The van der Waals surface area contributed by atoms with Gasteiger partial charge in [0.05, 0.1) is 19.9 Å². The van der Waals surface area contributed by atoms with Gasteiger partial charge in [-0.15, -0.1) is 0 Å². The van der Waals surface area contributed by atoms with Gasteiger partial charge in [-0.05, 0) is 42.3 Å². The number of morpholine rings is 1. The molecule has 2 aromatic carbocycles. The van der Waals surface area contributed by atoms with E-state index in [2.05, 4.69) is 9.71 Å². The quantitative estimate of drug-likeness (QED) is 0.213. The molecule has 4 aromatic rings. The van der Waals surface area contributed by atoms with Crippen LogP contribution in [-0.4, -0.2) is 75.4 Å². The Kier molecular flexibility index (Phi) is 8.94. The molecule has 1 amide bonds. The molecule has 43 heavy (non-hydrogen) atoms. The standard InChI is InChI=1S/C28H29F2N7O5S/c29-7-2-8-34-43(39,40)22-4-1-3-19(25(22)30)18-13-20-26(21(14-18)42-16-24(32)38)35-27(17-5-6-23(31)33-15-17)36-28(20)37-9-11-41-12-10-37/h1,3-6,13-15,34H,2,7-12,16H2,(H2,31,33)(H2,32,38). The molecule has 226 valence electrons. The molecule has 0 bridgehead atoms. The van der Waals surface area contributed by atoms with Crippen molar-refractivity contribution in [2.24, 2.45) is 5.73 Å². The minimum atomic E-state index is -4.28. The Balaban J connectivity index is 1.72. The Hall–Kier alpha value is -4.47. The minimum absolute atomic E-state index is 0.0511. The molecule has 5 rings (SSSR count). The lowest BCUT2D eigenvalue weighted by molar-refractivity contribution is -0.119. The third kappa shape index (κ3) is 6.63. The van der Waals surface area contributed by atoms with Crippen LogP contribution in [0.3, 0.4) is 0 Å². The largest absolute Gasteiger partial charge is 0.481 e. The highest BCUT2D eigenvalue weighted by molar-refractivity contribution is 7.89. The Bertz CT molecular complexity index is 1750. The lowest BCUT2D eigenvalue weighted by Gasteiger charge is -2.29. The van der Waals surface area contributed by atoms with Gasteiger partial charge < -0.3 is 25.8 Å². The zero-order valence-electron chi connectivity index (χ0n) is 22.9. The van der Waals surface area contributed by atoms with E-state index in [-0.39, 0.29) is 29.8 Å². The van der Waals surface area contributed by atoms with Gasteiger partial charge in [-0.3, -0.25) is 9.18 Å². The van der Waals surface area contributed by atoms with Crippen LogP contribution < -0.4 is 25.8 Å². The van der Waals surface area contributed by atoms with Crippen molar-refractivity contribution in [1.29, 1.82) is 0 Å². The van der Waals surface area contributed by atoms with E-state index in [1.165, 1.54) is 24.4 Å². The van der Waals surface area contributed by atoms with Gasteiger partial charge in [0.25, 0.3) is 5.91 Å². The van der Waals surface area contributed by atoms with Crippen LogP contribution in [0.25, 0.3) is 33.4 Å². The van der Waals surface area contributed by atoms with Crippen molar-refractivity contribution in [1.82, 2.24) is 19.7 Å². The van der Waals surface area contributed by atoms with Gasteiger partial charge in [-0.25, -0.2) is 32.5 Å². The number of hydrogen-bond acceptors (Lipinski definition) is 10. The van der Waals surface area contributed by atoms with Crippen LogP contribution >= 0.6 is 0 Å². The fraction of sp³-hybridized carbons (Fsp3) is 0.286. The Labute approximate surface area is 246 Å². The van der Waals surface area contributed by atoms with Gasteiger partial charge in [-0.2, -0.15) is 0 Å². The van der Waals surface area contributed by atoms with Crippen molar-refractivity contribution in [3.63, 3.8) is 0 Å². The second-order valence-corrected chi connectivity index (χ2v) is 11.4. The van der Waals surface area contributed by atoms with Gasteiger partial charge in [0.1, 0.15) is 27.8 Å². The van der Waals surface area contributed by atoms with Crippen LogP contribution in [0, 0.1) is 5.82 Å². The van der Waals surface area contributed by atoms with Crippen LogP contribution in [0.5, 0.6) is 5.75 Å². The molecular weight excluding hydrogens is 584 g/mol. The van der Waals surface area contributed by atoms with E-state index >= 15 is 4.39 Å². The number of nitrogen functional groups attached to an aromatic ring is 1. The number of nitrogens with one attached hydrogen (secondary N) is 1. The number of sulfonamides is 1. The summed E-state index contributed by atoms with van der Waals surface area (Å²) >= 11 is 0. The van der Waals surface area contributed by atoms with Crippen molar-refractivity contribution in [2.75, 3.05) is 56.8 Å². The van der Waals surface area contributed by atoms with E-state index in [0.29, 0.717) is 60.2 Å². The molecule has 5 N–H and O–H groups in total. The fourth-order valence-electron chi connectivity index (χ4n) is 4.57. The summed E-state index contributed by atoms with van der Waals surface area (Å²) in [5, 5.41) is 0.458. The average molecular weight is 614 g/mol. The molecule has 0 aliphatic carbocycles. The maximum atomic E-state index is 15.9. The Morgan fingerprint density at radius 3 is 2.60 bits per heavy atom. The predicted molar refractivity (Wildman–Crippen MR) is 156 cm³/mol. The number of ether oxygens (including phenoxy) is 2. The molecule has 15 heteroatoms. The molecule has 1 fully saturated rings. The number of aromatic nitrogens is 3. The highest BCUT2D eigenvalue weighted by Crippen LogP contribution is 2.39. The Morgan fingerprint density at radius 1 is 1.12 bits per heavy atom.